The summed E-state index contributed by atoms with van der Waals surface area (Å²) >= 11 is 0. The molecular weight excluding hydrogens is 238 g/mol. The topological polar surface area (TPSA) is 89.7 Å². The second kappa shape index (κ2) is 5.03. The molecule has 1 rings (SSSR count). The van der Waals surface area contributed by atoms with Crippen molar-refractivity contribution in [2.45, 2.75) is 26.2 Å². The van der Waals surface area contributed by atoms with Crippen LogP contribution in [-0.2, 0) is 10.2 Å². The summed E-state index contributed by atoms with van der Waals surface area (Å²) in [5, 5.41) is 19.3. The van der Waals surface area contributed by atoms with Gasteiger partial charge in [0.05, 0.1) is 4.92 Å². The van der Waals surface area contributed by atoms with Crippen LogP contribution in [0.2, 0.25) is 0 Å². The van der Waals surface area contributed by atoms with Gasteiger partial charge < -0.3 is 9.84 Å². The fraction of sp³-hybridized carbons (Fsp3) is 0.417. The van der Waals surface area contributed by atoms with E-state index in [1.165, 1.54) is 18.2 Å². The molecule has 0 aliphatic carbocycles. The summed E-state index contributed by atoms with van der Waals surface area (Å²) in [6.07, 6.45) is 0. The molecule has 0 spiro atoms. The third kappa shape index (κ3) is 3.44. The lowest BCUT2D eigenvalue weighted by molar-refractivity contribution is -0.385. The van der Waals surface area contributed by atoms with Crippen molar-refractivity contribution in [2.75, 3.05) is 6.61 Å². The lowest BCUT2D eigenvalue weighted by Gasteiger charge is -2.22. The van der Waals surface area contributed by atoms with Crippen LogP contribution < -0.4 is 4.74 Å². The number of aliphatic carboxylic acids is 1. The Kier molecular flexibility index (Phi) is 3.90. The molecule has 0 amide bonds. The van der Waals surface area contributed by atoms with Gasteiger partial charge in [-0.15, -0.1) is 0 Å². The number of nitro groups is 1. The summed E-state index contributed by atoms with van der Waals surface area (Å²) in [6, 6.07) is 4.14. The van der Waals surface area contributed by atoms with E-state index in [4.69, 9.17) is 9.84 Å². The van der Waals surface area contributed by atoms with Crippen molar-refractivity contribution < 1.29 is 19.6 Å². The molecule has 0 unspecified atom stereocenters. The van der Waals surface area contributed by atoms with Crippen molar-refractivity contribution in [1.82, 2.24) is 0 Å². The Morgan fingerprint density at radius 2 is 2.06 bits per heavy atom. The molecule has 1 aromatic rings. The summed E-state index contributed by atoms with van der Waals surface area (Å²) in [5.74, 6) is -0.733. The monoisotopic (exact) mass is 253 g/mol. The van der Waals surface area contributed by atoms with Gasteiger partial charge in [0.1, 0.15) is 5.75 Å². The van der Waals surface area contributed by atoms with Gasteiger partial charge in [-0.25, -0.2) is 4.79 Å². The van der Waals surface area contributed by atoms with Crippen LogP contribution in [0.5, 0.6) is 5.75 Å². The average molecular weight is 253 g/mol. The summed E-state index contributed by atoms with van der Waals surface area (Å²) in [6.45, 7) is 5.15. The molecule has 0 heterocycles. The van der Waals surface area contributed by atoms with Crippen molar-refractivity contribution in [2.24, 2.45) is 0 Å². The third-order valence-corrected chi connectivity index (χ3v) is 2.33. The quantitative estimate of drug-likeness (QED) is 0.657. The molecule has 0 aliphatic heterocycles. The van der Waals surface area contributed by atoms with Crippen molar-refractivity contribution in [3.63, 3.8) is 0 Å². The Morgan fingerprint density at radius 1 is 1.44 bits per heavy atom. The van der Waals surface area contributed by atoms with Crippen LogP contribution in [0.3, 0.4) is 0 Å². The van der Waals surface area contributed by atoms with Crippen LogP contribution >= 0.6 is 0 Å². The highest BCUT2D eigenvalue weighted by atomic mass is 16.6. The van der Waals surface area contributed by atoms with E-state index in [1.54, 1.807) is 0 Å². The second-order valence-electron chi connectivity index (χ2n) is 4.87. The van der Waals surface area contributed by atoms with E-state index in [2.05, 4.69) is 0 Å². The zero-order valence-corrected chi connectivity index (χ0v) is 10.5. The fourth-order valence-corrected chi connectivity index (χ4v) is 1.48. The molecule has 0 saturated heterocycles. The van der Waals surface area contributed by atoms with Gasteiger partial charge in [0, 0.05) is 17.7 Å². The molecule has 0 aliphatic rings. The Balaban J connectivity index is 3.17. The first-order valence-electron chi connectivity index (χ1n) is 5.35. The molecule has 0 fully saturated rings. The minimum absolute atomic E-state index is 0.0393. The highest BCUT2D eigenvalue weighted by molar-refractivity contribution is 5.68. The van der Waals surface area contributed by atoms with Gasteiger partial charge in [-0.3, -0.25) is 10.1 Å². The molecule has 0 saturated carbocycles. The van der Waals surface area contributed by atoms with Gasteiger partial charge >= 0.3 is 5.97 Å². The van der Waals surface area contributed by atoms with Crippen LogP contribution in [0.15, 0.2) is 18.2 Å². The second-order valence-corrected chi connectivity index (χ2v) is 4.87. The smallest absolute Gasteiger partial charge is 0.341 e. The molecule has 18 heavy (non-hydrogen) atoms. The Morgan fingerprint density at radius 3 is 2.50 bits per heavy atom. The van der Waals surface area contributed by atoms with Gasteiger partial charge in [-0.05, 0) is 11.5 Å². The lowest BCUT2D eigenvalue weighted by Crippen LogP contribution is -2.16. The number of ether oxygens (including phenoxy) is 1. The van der Waals surface area contributed by atoms with Gasteiger partial charge in [0.15, 0.2) is 6.61 Å². The number of nitro benzene ring substituents is 1. The van der Waals surface area contributed by atoms with Crippen molar-refractivity contribution >= 4 is 11.7 Å². The third-order valence-electron chi connectivity index (χ3n) is 2.33. The minimum Gasteiger partial charge on any atom is -0.482 e. The van der Waals surface area contributed by atoms with E-state index in [0.29, 0.717) is 11.3 Å². The van der Waals surface area contributed by atoms with Crippen LogP contribution in [0, 0.1) is 10.1 Å². The molecule has 0 bridgehead atoms. The SMILES string of the molecule is CC(C)(C)c1cc([N+](=O)[O-])ccc1OCC(=O)O. The van der Waals surface area contributed by atoms with E-state index >= 15 is 0 Å². The number of carbonyl (C=O) groups is 1. The van der Waals surface area contributed by atoms with Crippen LogP contribution in [0.25, 0.3) is 0 Å². The fourth-order valence-electron chi connectivity index (χ4n) is 1.48. The van der Waals surface area contributed by atoms with E-state index in [9.17, 15) is 14.9 Å². The predicted molar refractivity (Wildman–Crippen MR) is 64.9 cm³/mol. The van der Waals surface area contributed by atoms with Gasteiger partial charge in [-0.1, -0.05) is 20.8 Å². The van der Waals surface area contributed by atoms with Crippen LogP contribution in [0.1, 0.15) is 26.3 Å². The largest absolute Gasteiger partial charge is 0.482 e. The zero-order valence-electron chi connectivity index (χ0n) is 10.5. The highest BCUT2D eigenvalue weighted by Gasteiger charge is 2.22. The summed E-state index contributed by atoms with van der Waals surface area (Å²) in [5.41, 5.74) is 0.195. The van der Waals surface area contributed by atoms with E-state index in [0.717, 1.165) is 0 Å². The first kappa shape index (κ1) is 14.0. The molecule has 0 aromatic heterocycles. The maximum atomic E-state index is 10.7. The van der Waals surface area contributed by atoms with Gasteiger partial charge in [-0.2, -0.15) is 0 Å². The number of rotatable bonds is 4. The van der Waals surface area contributed by atoms with Crippen molar-refractivity contribution in [3.8, 4) is 5.75 Å². The average Bonchev–Trinajstić information content (AvgIpc) is 2.24. The Hall–Kier alpha value is -2.11. The van der Waals surface area contributed by atoms with Crippen LogP contribution in [0.4, 0.5) is 5.69 Å². The summed E-state index contributed by atoms with van der Waals surface area (Å²) in [7, 11) is 0. The first-order valence-corrected chi connectivity index (χ1v) is 5.35. The molecule has 6 heteroatoms. The molecule has 0 atom stereocenters. The van der Waals surface area contributed by atoms with Crippen LogP contribution in [-0.4, -0.2) is 22.6 Å². The number of nitrogens with zero attached hydrogens (tertiary/aromatic N) is 1. The Labute approximate surface area is 104 Å². The molecular formula is C12H15NO5. The van der Waals surface area contributed by atoms with Crippen molar-refractivity contribution in [3.05, 3.63) is 33.9 Å². The Bertz CT molecular complexity index is 476. The maximum Gasteiger partial charge on any atom is 0.341 e. The summed E-state index contributed by atoms with van der Waals surface area (Å²) in [4.78, 5) is 20.7. The molecule has 1 N–H and O–H groups in total. The normalized spacial score (nSPS) is 11.1. The first-order chi connectivity index (χ1) is 8.21. The van der Waals surface area contributed by atoms with E-state index < -0.39 is 17.5 Å². The molecule has 0 radical (unpaired) electrons. The standard InChI is InChI=1S/C12H15NO5/c1-12(2,3)9-6-8(13(16)17)4-5-10(9)18-7-11(14)15/h4-6H,7H2,1-3H3,(H,14,15). The number of non-ortho nitro benzene ring substituents is 1. The number of hydrogen-bond acceptors (Lipinski definition) is 4. The number of carboxylic acid groups (broad SMARTS) is 1. The van der Waals surface area contributed by atoms with E-state index in [1.807, 2.05) is 20.8 Å². The highest BCUT2D eigenvalue weighted by Crippen LogP contribution is 2.34. The van der Waals surface area contributed by atoms with E-state index in [-0.39, 0.29) is 11.1 Å². The molecule has 1 aromatic carbocycles. The molecule has 6 nitrogen and oxygen atoms in total. The minimum atomic E-state index is -1.09. The number of carboxylic acids is 1. The molecule has 98 valence electrons. The lowest BCUT2D eigenvalue weighted by atomic mass is 9.86. The maximum absolute atomic E-state index is 10.7. The van der Waals surface area contributed by atoms with Gasteiger partial charge in [0.25, 0.3) is 5.69 Å². The predicted octanol–water partition coefficient (Wildman–Crippen LogP) is 2.36. The number of benzene rings is 1. The number of hydrogen-bond donors (Lipinski definition) is 1. The summed E-state index contributed by atoms with van der Waals surface area (Å²) < 4.78 is 5.14. The van der Waals surface area contributed by atoms with Crippen molar-refractivity contribution in [1.29, 1.82) is 0 Å². The van der Waals surface area contributed by atoms with Gasteiger partial charge in [0.2, 0.25) is 0 Å². The zero-order chi connectivity index (χ0) is 13.9.